The number of phenols is 1. The van der Waals surface area contributed by atoms with Crippen LogP contribution in [0, 0.1) is 5.92 Å². The molecule has 2 aromatic carbocycles. The van der Waals surface area contributed by atoms with Gasteiger partial charge in [0.2, 0.25) is 0 Å². The first kappa shape index (κ1) is 14.4. The van der Waals surface area contributed by atoms with Crippen LogP contribution < -0.4 is 4.74 Å². The Morgan fingerprint density at radius 3 is 2.50 bits per heavy atom. The molecule has 20 heavy (non-hydrogen) atoms. The predicted molar refractivity (Wildman–Crippen MR) is 79.9 cm³/mol. The smallest absolute Gasteiger partial charge is 0.314 e. The van der Waals surface area contributed by atoms with Crippen LogP contribution in [0.25, 0.3) is 10.8 Å². The maximum absolute atomic E-state index is 12.2. The van der Waals surface area contributed by atoms with Gasteiger partial charge < -0.3 is 9.84 Å². The van der Waals surface area contributed by atoms with Crippen molar-refractivity contribution in [3.63, 3.8) is 0 Å². The van der Waals surface area contributed by atoms with E-state index in [1.54, 1.807) is 12.1 Å². The van der Waals surface area contributed by atoms with Gasteiger partial charge in [-0.1, -0.05) is 44.5 Å². The zero-order valence-corrected chi connectivity index (χ0v) is 11.9. The zero-order valence-electron chi connectivity index (χ0n) is 11.9. The SMILES string of the molecule is CCCC(CC)C(=O)Oc1ccc(O)c2ccccc12. The number of phenolic OH excluding ortho intramolecular Hbond substituents is 1. The van der Waals surface area contributed by atoms with Crippen molar-refractivity contribution >= 4 is 16.7 Å². The number of ether oxygens (including phenoxy) is 1. The number of aromatic hydroxyl groups is 1. The first-order chi connectivity index (χ1) is 9.67. The Morgan fingerprint density at radius 2 is 1.85 bits per heavy atom. The number of hydrogen-bond donors (Lipinski definition) is 1. The summed E-state index contributed by atoms with van der Waals surface area (Å²) in [6, 6.07) is 10.6. The molecule has 0 aliphatic rings. The Hall–Kier alpha value is -2.03. The minimum absolute atomic E-state index is 0.0624. The van der Waals surface area contributed by atoms with Gasteiger partial charge in [0, 0.05) is 10.8 Å². The fraction of sp³-hybridized carbons (Fsp3) is 0.353. The van der Waals surface area contributed by atoms with Crippen molar-refractivity contribution in [2.75, 3.05) is 0 Å². The highest BCUT2D eigenvalue weighted by Crippen LogP contribution is 2.32. The van der Waals surface area contributed by atoms with Gasteiger partial charge in [-0.15, -0.1) is 0 Å². The molecule has 0 radical (unpaired) electrons. The van der Waals surface area contributed by atoms with Crippen LogP contribution in [0.5, 0.6) is 11.5 Å². The van der Waals surface area contributed by atoms with Gasteiger partial charge in [-0.2, -0.15) is 0 Å². The minimum atomic E-state index is -0.190. The molecule has 0 spiro atoms. The lowest BCUT2D eigenvalue weighted by molar-refractivity contribution is -0.139. The molecule has 2 rings (SSSR count). The van der Waals surface area contributed by atoms with E-state index in [1.807, 2.05) is 31.2 Å². The van der Waals surface area contributed by atoms with Gasteiger partial charge in [0.25, 0.3) is 0 Å². The molecule has 0 fully saturated rings. The third kappa shape index (κ3) is 2.93. The summed E-state index contributed by atoms with van der Waals surface area (Å²) in [5, 5.41) is 11.3. The summed E-state index contributed by atoms with van der Waals surface area (Å²) >= 11 is 0. The summed E-state index contributed by atoms with van der Waals surface area (Å²) in [6.45, 7) is 4.06. The van der Waals surface area contributed by atoms with Crippen molar-refractivity contribution in [3.05, 3.63) is 36.4 Å². The molecule has 3 heteroatoms. The van der Waals surface area contributed by atoms with E-state index in [1.165, 1.54) is 0 Å². The lowest BCUT2D eigenvalue weighted by Gasteiger charge is -2.14. The van der Waals surface area contributed by atoms with E-state index in [0.29, 0.717) is 11.1 Å². The normalized spacial score (nSPS) is 12.3. The molecule has 0 aliphatic heterocycles. The van der Waals surface area contributed by atoms with Gasteiger partial charge >= 0.3 is 5.97 Å². The van der Waals surface area contributed by atoms with E-state index >= 15 is 0 Å². The Kier molecular flexibility index (Phi) is 4.61. The molecule has 3 nitrogen and oxygen atoms in total. The van der Waals surface area contributed by atoms with Crippen LogP contribution in [0.1, 0.15) is 33.1 Å². The molecule has 1 atom stereocenters. The van der Waals surface area contributed by atoms with E-state index < -0.39 is 0 Å². The van der Waals surface area contributed by atoms with E-state index in [4.69, 9.17) is 4.74 Å². The quantitative estimate of drug-likeness (QED) is 0.653. The first-order valence-corrected chi connectivity index (χ1v) is 7.09. The topological polar surface area (TPSA) is 46.5 Å². The summed E-state index contributed by atoms with van der Waals surface area (Å²) in [5.41, 5.74) is 0. The van der Waals surface area contributed by atoms with Gasteiger partial charge in [0.15, 0.2) is 0 Å². The Balaban J connectivity index is 2.30. The number of fused-ring (bicyclic) bond motifs is 1. The minimum Gasteiger partial charge on any atom is -0.507 e. The Labute approximate surface area is 119 Å². The van der Waals surface area contributed by atoms with E-state index in [2.05, 4.69) is 6.92 Å². The van der Waals surface area contributed by atoms with Crippen molar-refractivity contribution in [2.24, 2.45) is 5.92 Å². The maximum Gasteiger partial charge on any atom is 0.314 e. The average Bonchev–Trinajstić information content (AvgIpc) is 2.48. The third-order valence-corrected chi connectivity index (χ3v) is 3.53. The van der Waals surface area contributed by atoms with E-state index in [9.17, 15) is 9.90 Å². The molecule has 0 saturated heterocycles. The second-order valence-electron chi connectivity index (χ2n) is 4.94. The lowest BCUT2D eigenvalue weighted by Crippen LogP contribution is -2.19. The fourth-order valence-electron chi connectivity index (χ4n) is 2.37. The number of benzene rings is 2. The predicted octanol–water partition coefficient (Wildman–Crippen LogP) is 4.28. The molecule has 0 amide bonds. The molecule has 0 heterocycles. The first-order valence-electron chi connectivity index (χ1n) is 7.09. The molecule has 1 unspecified atom stereocenters. The Morgan fingerprint density at radius 1 is 1.15 bits per heavy atom. The van der Waals surface area contributed by atoms with Crippen LogP contribution >= 0.6 is 0 Å². The number of esters is 1. The Bertz CT molecular complexity index is 604. The molecule has 106 valence electrons. The molecule has 0 aromatic heterocycles. The van der Waals surface area contributed by atoms with E-state index in [-0.39, 0.29) is 17.6 Å². The van der Waals surface area contributed by atoms with Crippen LogP contribution in [-0.2, 0) is 4.79 Å². The molecule has 0 saturated carbocycles. The van der Waals surface area contributed by atoms with Crippen molar-refractivity contribution in [2.45, 2.75) is 33.1 Å². The average molecular weight is 272 g/mol. The van der Waals surface area contributed by atoms with Crippen LogP contribution in [0.3, 0.4) is 0 Å². The van der Waals surface area contributed by atoms with Crippen LogP contribution in [0.4, 0.5) is 0 Å². The maximum atomic E-state index is 12.2. The van der Waals surface area contributed by atoms with Crippen LogP contribution in [0.2, 0.25) is 0 Å². The molecule has 1 N–H and O–H groups in total. The largest absolute Gasteiger partial charge is 0.507 e. The summed E-state index contributed by atoms with van der Waals surface area (Å²) in [6.07, 6.45) is 2.58. The van der Waals surface area contributed by atoms with Gasteiger partial charge in [-0.25, -0.2) is 0 Å². The lowest BCUT2D eigenvalue weighted by atomic mass is 10.0. The van der Waals surface area contributed by atoms with Gasteiger partial charge in [-0.3, -0.25) is 4.79 Å². The standard InChI is InChI=1S/C17H20O3/c1-3-7-12(4-2)17(19)20-16-11-10-15(18)13-8-5-6-9-14(13)16/h5-6,8-12,18H,3-4,7H2,1-2H3. The monoisotopic (exact) mass is 272 g/mol. The van der Waals surface area contributed by atoms with Crippen molar-refractivity contribution in [1.29, 1.82) is 0 Å². The second kappa shape index (κ2) is 6.42. The van der Waals surface area contributed by atoms with Crippen molar-refractivity contribution in [1.82, 2.24) is 0 Å². The molecular weight excluding hydrogens is 252 g/mol. The molecular formula is C17H20O3. The highest BCUT2D eigenvalue weighted by Gasteiger charge is 2.19. The van der Waals surface area contributed by atoms with E-state index in [0.717, 1.165) is 24.6 Å². The molecule has 0 bridgehead atoms. The van der Waals surface area contributed by atoms with Gasteiger partial charge in [-0.05, 0) is 25.0 Å². The number of hydrogen-bond acceptors (Lipinski definition) is 3. The van der Waals surface area contributed by atoms with Gasteiger partial charge in [0.1, 0.15) is 11.5 Å². The summed E-state index contributed by atoms with van der Waals surface area (Å²) < 4.78 is 5.54. The zero-order chi connectivity index (χ0) is 14.5. The van der Waals surface area contributed by atoms with Crippen molar-refractivity contribution < 1.29 is 14.6 Å². The highest BCUT2D eigenvalue weighted by atomic mass is 16.5. The molecule has 0 aliphatic carbocycles. The summed E-state index contributed by atoms with van der Waals surface area (Å²) in [5.74, 6) is 0.455. The number of rotatable bonds is 5. The fourth-order valence-corrected chi connectivity index (χ4v) is 2.37. The van der Waals surface area contributed by atoms with Crippen molar-refractivity contribution in [3.8, 4) is 11.5 Å². The number of carbonyl (C=O) groups excluding carboxylic acids is 1. The summed E-state index contributed by atoms with van der Waals surface area (Å²) in [4.78, 5) is 12.2. The third-order valence-electron chi connectivity index (χ3n) is 3.53. The summed E-state index contributed by atoms with van der Waals surface area (Å²) in [7, 11) is 0. The van der Waals surface area contributed by atoms with Crippen LogP contribution in [-0.4, -0.2) is 11.1 Å². The van der Waals surface area contributed by atoms with Crippen LogP contribution in [0.15, 0.2) is 36.4 Å². The number of carbonyl (C=O) groups is 1. The second-order valence-corrected chi connectivity index (χ2v) is 4.94. The molecule has 2 aromatic rings. The highest BCUT2D eigenvalue weighted by molar-refractivity contribution is 5.94. The van der Waals surface area contributed by atoms with Gasteiger partial charge in [0.05, 0.1) is 5.92 Å².